The Bertz CT molecular complexity index is 566. The minimum absolute atomic E-state index is 0.263. The second kappa shape index (κ2) is 5.28. The summed E-state index contributed by atoms with van der Waals surface area (Å²) in [6, 6.07) is 7.23. The largest absolute Gasteiger partial charge is 0.487 e. The van der Waals surface area contributed by atoms with E-state index in [2.05, 4.69) is 9.97 Å². The molecule has 84 valence electrons. The van der Waals surface area contributed by atoms with Crippen LogP contribution >= 0.6 is 11.6 Å². The third-order valence-electron chi connectivity index (χ3n) is 2.07. The highest BCUT2D eigenvalue weighted by Gasteiger charge is 2.03. The van der Waals surface area contributed by atoms with Crippen molar-refractivity contribution in [2.75, 3.05) is 0 Å². The summed E-state index contributed by atoms with van der Waals surface area (Å²) in [6.45, 7) is 0.263. The van der Waals surface area contributed by atoms with E-state index in [1.165, 1.54) is 6.20 Å². The number of ether oxygens (including phenoxy) is 1. The second-order valence-electron chi connectivity index (χ2n) is 3.25. The van der Waals surface area contributed by atoms with Gasteiger partial charge in [-0.15, -0.1) is 0 Å². The molecule has 0 aliphatic rings. The summed E-state index contributed by atoms with van der Waals surface area (Å²) in [6.07, 6.45) is 4.66. The van der Waals surface area contributed by atoms with Gasteiger partial charge in [-0.2, -0.15) is 5.26 Å². The van der Waals surface area contributed by atoms with Crippen LogP contribution in [-0.4, -0.2) is 9.97 Å². The van der Waals surface area contributed by atoms with Gasteiger partial charge >= 0.3 is 0 Å². The summed E-state index contributed by atoms with van der Waals surface area (Å²) in [5.74, 6) is 0.560. The van der Waals surface area contributed by atoms with Crippen LogP contribution in [0.2, 0.25) is 5.02 Å². The fourth-order valence-electron chi connectivity index (χ4n) is 1.29. The van der Waals surface area contributed by atoms with E-state index in [4.69, 9.17) is 21.6 Å². The molecule has 0 aliphatic carbocycles. The molecule has 17 heavy (non-hydrogen) atoms. The summed E-state index contributed by atoms with van der Waals surface area (Å²) >= 11 is 5.78. The van der Waals surface area contributed by atoms with Gasteiger partial charge in [-0.3, -0.25) is 4.98 Å². The highest BCUT2D eigenvalue weighted by Crippen LogP contribution is 2.17. The molecular weight excluding hydrogens is 238 g/mol. The third-order valence-corrected chi connectivity index (χ3v) is 2.28. The fraction of sp³-hybridized carbons (Fsp3) is 0.0833. The van der Waals surface area contributed by atoms with Crippen molar-refractivity contribution in [2.24, 2.45) is 0 Å². The van der Waals surface area contributed by atoms with Gasteiger partial charge in [0.15, 0.2) is 0 Å². The molecule has 2 rings (SSSR count). The molecule has 0 bridgehead atoms. The first kappa shape index (κ1) is 11.4. The highest BCUT2D eigenvalue weighted by atomic mass is 35.5. The zero-order chi connectivity index (χ0) is 12.1. The van der Waals surface area contributed by atoms with E-state index in [0.29, 0.717) is 16.5 Å². The minimum Gasteiger partial charge on any atom is -0.487 e. The van der Waals surface area contributed by atoms with Gasteiger partial charge in [0.25, 0.3) is 0 Å². The summed E-state index contributed by atoms with van der Waals surface area (Å²) in [5.41, 5.74) is 1.09. The maximum atomic E-state index is 8.86. The second-order valence-corrected chi connectivity index (χ2v) is 3.69. The van der Waals surface area contributed by atoms with Crippen LogP contribution in [0.1, 0.15) is 11.3 Å². The number of nitriles is 1. The molecule has 0 aliphatic heterocycles. The van der Waals surface area contributed by atoms with Gasteiger partial charge in [-0.25, -0.2) is 4.98 Å². The number of halogens is 1. The fourth-order valence-corrected chi connectivity index (χ4v) is 1.45. The first-order valence-electron chi connectivity index (χ1n) is 4.87. The van der Waals surface area contributed by atoms with E-state index in [9.17, 15) is 0 Å². The number of nitrogens with zero attached hydrogens (tertiary/aromatic N) is 3. The maximum Gasteiger partial charge on any atom is 0.147 e. The maximum absolute atomic E-state index is 8.86. The van der Waals surface area contributed by atoms with Gasteiger partial charge in [-0.1, -0.05) is 17.7 Å². The van der Waals surface area contributed by atoms with E-state index in [0.717, 1.165) is 5.56 Å². The van der Waals surface area contributed by atoms with Crippen LogP contribution < -0.4 is 4.74 Å². The molecule has 0 unspecified atom stereocenters. The summed E-state index contributed by atoms with van der Waals surface area (Å²) in [5, 5.41) is 9.37. The number of hydrogen-bond donors (Lipinski definition) is 0. The molecule has 0 atom stereocenters. The molecule has 0 N–H and O–H groups in total. The summed E-state index contributed by atoms with van der Waals surface area (Å²) in [4.78, 5) is 7.85. The molecule has 2 aromatic heterocycles. The van der Waals surface area contributed by atoms with Crippen LogP contribution in [0.4, 0.5) is 0 Å². The molecule has 0 amide bonds. The molecule has 0 spiro atoms. The molecule has 4 nitrogen and oxygen atoms in total. The lowest BCUT2D eigenvalue weighted by Crippen LogP contribution is -1.99. The van der Waals surface area contributed by atoms with Crippen molar-refractivity contribution in [3.05, 3.63) is 53.1 Å². The van der Waals surface area contributed by atoms with E-state index in [-0.39, 0.29) is 6.61 Å². The predicted molar refractivity (Wildman–Crippen MR) is 62.5 cm³/mol. The first-order chi connectivity index (χ1) is 8.29. The average molecular weight is 246 g/mol. The lowest BCUT2D eigenvalue weighted by Gasteiger charge is -2.06. The van der Waals surface area contributed by atoms with Gasteiger partial charge in [0.1, 0.15) is 24.1 Å². The van der Waals surface area contributed by atoms with Crippen LogP contribution in [0.15, 0.2) is 36.8 Å². The lowest BCUT2D eigenvalue weighted by atomic mass is 10.2. The molecule has 5 heteroatoms. The number of pyridine rings is 2. The minimum atomic E-state index is 0.263. The van der Waals surface area contributed by atoms with E-state index < -0.39 is 0 Å². The van der Waals surface area contributed by atoms with Crippen molar-refractivity contribution < 1.29 is 4.74 Å². The molecule has 0 fully saturated rings. The third kappa shape index (κ3) is 2.92. The smallest absolute Gasteiger partial charge is 0.147 e. The van der Waals surface area contributed by atoms with Crippen LogP contribution in [0.25, 0.3) is 0 Å². The van der Waals surface area contributed by atoms with Gasteiger partial charge in [0, 0.05) is 24.0 Å². The number of hydrogen-bond acceptors (Lipinski definition) is 4. The Balaban J connectivity index is 2.10. The molecule has 0 aromatic carbocycles. The molecule has 2 aromatic rings. The van der Waals surface area contributed by atoms with Crippen molar-refractivity contribution >= 4 is 11.6 Å². The Morgan fingerprint density at radius 2 is 2.29 bits per heavy atom. The van der Waals surface area contributed by atoms with Crippen LogP contribution in [-0.2, 0) is 6.61 Å². The molecule has 0 radical (unpaired) electrons. The Morgan fingerprint density at radius 3 is 3.06 bits per heavy atom. The van der Waals surface area contributed by atoms with Gasteiger partial charge in [0.2, 0.25) is 0 Å². The first-order valence-corrected chi connectivity index (χ1v) is 5.25. The average Bonchev–Trinajstić information content (AvgIpc) is 2.37. The molecule has 2 heterocycles. The van der Waals surface area contributed by atoms with Crippen molar-refractivity contribution in [2.45, 2.75) is 6.61 Å². The van der Waals surface area contributed by atoms with Gasteiger partial charge < -0.3 is 4.74 Å². The standard InChI is InChI=1S/C12H8ClN3O/c13-10-4-11(7-15-6-10)17-8-9-2-1-3-16-12(9)5-14/h1-4,6-7H,8H2. The van der Waals surface area contributed by atoms with E-state index in [1.54, 1.807) is 30.6 Å². The number of rotatable bonds is 3. The van der Waals surface area contributed by atoms with Crippen molar-refractivity contribution in [3.8, 4) is 11.8 Å². The normalized spacial score (nSPS) is 9.65. The quantitative estimate of drug-likeness (QED) is 0.834. The van der Waals surface area contributed by atoms with Gasteiger partial charge in [-0.05, 0) is 6.07 Å². The highest BCUT2D eigenvalue weighted by molar-refractivity contribution is 6.30. The SMILES string of the molecule is N#Cc1ncccc1COc1cncc(Cl)c1. The summed E-state index contributed by atoms with van der Waals surface area (Å²) < 4.78 is 5.48. The topological polar surface area (TPSA) is 58.8 Å². The van der Waals surface area contributed by atoms with E-state index in [1.807, 2.05) is 6.07 Å². The van der Waals surface area contributed by atoms with Crippen molar-refractivity contribution in [1.82, 2.24) is 9.97 Å². The van der Waals surface area contributed by atoms with Crippen LogP contribution in [0.5, 0.6) is 5.75 Å². The van der Waals surface area contributed by atoms with Crippen LogP contribution in [0.3, 0.4) is 0 Å². The zero-order valence-corrected chi connectivity index (χ0v) is 9.55. The Labute approximate surface area is 103 Å². The van der Waals surface area contributed by atoms with Gasteiger partial charge in [0.05, 0.1) is 11.2 Å². The number of aromatic nitrogens is 2. The molecule has 0 saturated heterocycles. The van der Waals surface area contributed by atoms with Crippen LogP contribution in [0, 0.1) is 11.3 Å². The molecule has 0 saturated carbocycles. The Hall–Kier alpha value is -2.12. The molecular formula is C12H8ClN3O. The summed E-state index contributed by atoms with van der Waals surface area (Å²) in [7, 11) is 0. The Kier molecular flexibility index (Phi) is 3.53. The Morgan fingerprint density at radius 1 is 1.41 bits per heavy atom. The predicted octanol–water partition coefficient (Wildman–Crippen LogP) is 2.58. The lowest BCUT2D eigenvalue weighted by molar-refractivity contribution is 0.304. The zero-order valence-electron chi connectivity index (χ0n) is 8.80. The van der Waals surface area contributed by atoms with Crippen molar-refractivity contribution in [1.29, 1.82) is 5.26 Å². The van der Waals surface area contributed by atoms with Crippen molar-refractivity contribution in [3.63, 3.8) is 0 Å². The monoisotopic (exact) mass is 245 g/mol. The van der Waals surface area contributed by atoms with E-state index >= 15 is 0 Å².